The first-order valence-corrected chi connectivity index (χ1v) is 14.1. The van der Waals surface area contributed by atoms with Gasteiger partial charge >= 0.3 is 0 Å². The van der Waals surface area contributed by atoms with E-state index in [9.17, 15) is 4.79 Å². The Morgan fingerprint density at radius 1 is 1.11 bits per heavy atom. The third kappa shape index (κ3) is 5.65. The molecule has 1 saturated heterocycles. The Morgan fingerprint density at radius 3 is 2.71 bits per heavy atom. The van der Waals surface area contributed by atoms with Gasteiger partial charge in [0.2, 0.25) is 0 Å². The predicted octanol–water partition coefficient (Wildman–Crippen LogP) is 6.72. The summed E-state index contributed by atoms with van der Waals surface area (Å²) < 4.78 is 12.2. The van der Waals surface area contributed by atoms with Crippen molar-refractivity contribution in [3.8, 4) is 10.4 Å². The second-order valence-electron chi connectivity index (χ2n) is 9.83. The Morgan fingerprint density at radius 2 is 1.95 bits per heavy atom. The number of allylic oxidation sites excluding steroid dienone is 2. The fourth-order valence-electron chi connectivity index (χ4n) is 5.18. The first kappa shape index (κ1) is 24.8. The third-order valence-corrected chi connectivity index (χ3v) is 8.49. The van der Waals surface area contributed by atoms with Crippen LogP contribution in [0, 0.1) is 0 Å². The number of benzene rings is 2. The molecule has 194 valence electrons. The van der Waals surface area contributed by atoms with Crippen LogP contribution in [0.4, 0.5) is 5.69 Å². The number of thiophene rings is 1. The highest BCUT2D eigenvalue weighted by molar-refractivity contribution is 7.22. The fourth-order valence-corrected chi connectivity index (χ4v) is 6.41. The highest BCUT2D eigenvalue weighted by Crippen LogP contribution is 2.40. The molecule has 7 heteroatoms. The smallest absolute Gasteiger partial charge is 0.277 e. The molecular weight excluding hydrogens is 494 g/mol. The molecule has 1 fully saturated rings. The molecule has 4 aromatic rings. The van der Waals surface area contributed by atoms with Gasteiger partial charge in [-0.2, -0.15) is 0 Å². The van der Waals surface area contributed by atoms with Crippen LogP contribution in [-0.4, -0.2) is 48.3 Å². The monoisotopic (exact) mass is 525 g/mol. The van der Waals surface area contributed by atoms with Gasteiger partial charge in [0.1, 0.15) is 6.26 Å². The summed E-state index contributed by atoms with van der Waals surface area (Å²) in [5.41, 5.74) is 4.79. The van der Waals surface area contributed by atoms with Crippen LogP contribution in [0.5, 0.6) is 0 Å². The molecule has 1 N–H and O–H groups in total. The van der Waals surface area contributed by atoms with Crippen LogP contribution in [0.1, 0.15) is 35.3 Å². The van der Waals surface area contributed by atoms with E-state index in [2.05, 4.69) is 70.0 Å². The number of carbonyl (C=O) groups excluding carboxylic acids is 1. The number of likely N-dealkylation sites (tertiary alicyclic amines) is 1. The zero-order chi connectivity index (χ0) is 25.7. The summed E-state index contributed by atoms with van der Waals surface area (Å²) in [7, 11) is 0. The number of anilines is 1. The van der Waals surface area contributed by atoms with Gasteiger partial charge in [-0.15, -0.1) is 11.3 Å². The van der Waals surface area contributed by atoms with Crippen molar-refractivity contribution < 1.29 is 14.1 Å². The maximum Gasteiger partial charge on any atom is 0.277 e. The lowest BCUT2D eigenvalue weighted by Gasteiger charge is -2.20. The van der Waals surface area contributed by atoms with E-state index < -0.39 is 0 Å². The number of nitrogens with zero attached hydrogens (tertiary/aromatic N) is 2. The number of hydrogen-bond donors (Lipinski definition) is 1. The average Bonchev–Trinajstić information content (AvgIpc) is 3.73. The number of hydrogen-bond acceptors (Lipinski definition) is 6. The Labute approximate surface area is 226 Å². The Hall–Kier alpha value is -3.52. The van der Waals surface area contributed by atoms with Crippen LogP contribution in [0.15, 0.2) is 89.2 Å². The normalized spacial score (nSPS) is 17.7. The first-order chi connectivity index (χ1) is 18.7. The van der Waals surface area contributed by atoms with Crippen LogP contribution in [0.3, 0.4) is 0 Å². The molecule has 0 saturated carbocycles. The molecule has 3 heterocycles. The molecule has 1 amide bonds. The van der Waals surface area contributed by atoms with Crippen molar-refractivity contribution in [3.05, 3.63) is 95.9 Å². The van der Waals surface area contributed by atoms with Crippen LogP contribution in [0.2, 0.25) is 0 Å². The molecule has 0 spiro atoms. The van der Waals surface area contributed by atoms with Crippen molar-refractivity contribution in [1.82, 2.24) is 10.1 Å². The topological polar surface area (TPSA) is 67.6 Å². The molecule has 2 aromatic carbocycles. The second kappa shape index (κ2) is 11.5. The van der Waals surface area contributed by atoms with Gasteiger partial charge in [-0.1, -0.05) is 53.7 Å². The fraction of sp³-hybridized carbons (Fsp3) is 0.290. The predicted molar refractivity (Wildman–Crippen MR) is 153 cm³/mol. The van der Waals surface area contributed by atoms with Crippen LogP contribution in [-0.2, 0) is 11.2 Å². The van der Waals surface area contributed by atoms with Gasteiger partial charge in [0.15, 0.2) is 5.69 Å². The van der Waals surface area contributed by atoms with Gasteiger partial charge in [-0.25, -0.2) is 0 Å². The van der Waals surface area contributed by atoms with Gasteiger partial charge in [-0.3, -0.25) is 4.79 Å². The van der Waals surface area contributed by atoms with E-state index in [1.165, 1.54) is 58.3 Å². The summed E-state index contributed by atoms with van der Waals surface area (Å²) in [5.74, 6) is -0.289. The van der Waals surface area contributed by atoms with Gasteiger partial charge in [0, 0.05) is 27.9 Å². The number of rotatable bonds is 9. The quantitative estimate of drug-likeness (QED) is 0.263. The zero-order valence-electron chi connectivity index (χ0n) is 21.3. The number of carbonyl (C=O) groups is 1. The Kier molecular flexibility index (Phi) is 7.49. The summed E-state index contributed by atoms with van der Waals surface area (Å²) >= 11 is 1.82. The van der Waals surface area contributed by atoms with E-state index in [4.69, 9.17) is 9.26 Å². The van der Waals surface area contributed by atoms with E-state index in [-0.39, 0.29) is 17.7 Å². The highest BCUT2D eigenvalue weighted by atomic mass is 32.1. The van der Waals surface area contributed by atoms with Gasteiger partial charge in [0.25, 0.3) is 5.91 Å². The summed E-state index contributed by atoms with van der Waals surface area (Å²) in [6, 6.07) is 18.2. The van der Waals surface area contributed by atoms with E-state index in [1.807, 2.05) is 23.5 Å². The molecule has 0 radical (unpaired) electrons. The Balaban J connectivity index is 1.15. The molecule has 6 rings (SSSR count). The second-order valence-corrected chi connectivity index (χ2v) is 10.9. The number of ether oxygens (including phenoxy) is 1. The van der Waals surface area contributed by atoms with Crippen molar-refractivity contribution in [3.63, 3.8) is 0 Å². The van der Waals surface area contributed by atoms with E-state index in [1.54, 1.807) is 6.07 Å². The lowest BCUT2D eigenvalue weighted by Crippen LogP contribution is -2.26. The summed E-state index contributed by atoms with van der Waals surface area (Å²) in [6.07, 6.45) is 12.8. The Bertz CT molecular complexity index is 1450. The highest BCUT2D eigenvalue weighted by Gasteiger charge is 2.18. The van der Waals surface area contributed by atoms with Gasteiger partial charge in [0.05, 0.1) is 12.7 Å². The molecule has 38 heavy (non-hydrogen) atoms. The first-order valence-electron chi connectivity index (χ1n) is 13.3. The molecule has 2 aliphatic rings. The van der Waals surface area contributed by atoms with E-state index >= 15 is 0 Å². The number of nitrogens with one attached hydrogen (secondary N) is 1. The lowest BCUT2D eigenvalue weighted by atomic mass is 9.95. The van der Waals surface area contributed by atoms with Gasteiger partial charge < -0.3 is 19.5 Å². The number of fused-ring (bicyclic) bond motifs is 1. The molecule has 1 aliphatic heterocycles. The van der Waals surface area contributed by atoms with Crippen molar-refractivity contribution >= 4 is 33.0 Å². The lowest BCUT2D eigenvalue weighted by molar-refractivity contribution is 0.0700. The third-order valence-electron chi connectivity index (χ3n) is 7.23. The minimum absolute atomic E-state index is 0.167. The van der Waals surface area contributed by atoms with Crippen molar-refractivity contribution in [2.24, 2.45) is 0 Å². The molecule has 1 atom stereocenters. The molecular formula is C31H31N3O3S. The maximum absolute atomic E-state index is 12.3. The summed E-state index contributed by atoms with van der Waals surface area (Å²) in [4.78, 5) is 16.1. The van der Waals surface area contributed by atoms with Crippen LogP contribution in [0.25, 0.3) is 20.5 Å². The molecule has 1 unspecified atom stereocenters. The van der Waals surface area contributed by atoms with Crippen molar-refractivity contribution in [1.29, 1.82) is 0 Å². The van der Waals surface area contributed by atoms with Crippen LogP contribution < -0.4 is 5.32 Å². The van der Waals surface area contributed by atoms with E-state index in [0.717, 1.165) is 37.2 Å². The largest absolute Gasteiger partial charge is 0.372 e. The number of amides is 1. The molecule has 6 nitrogen and oxygen atoms in total. The summed E-state index contributed by atoms with van der Waals surface area (Å²) in [5, 5.41) is 7.87. The standard InChI is InChI=1S/C31H31N3O3S/c35-31(28-15-19-37-33-28)32-24-11-9-23(10-12-24)30-27(26-5-1-2-6-29(26)38-30)21-22-7-13-25(14-8-22)36-20-18-34-16-3-4-17-34/h1-2,5-13,15,19,25H,3-4,14,16-18,20-21H2,(H,32,35). The van der Waals surface area contributed by atoms with Crippen molar-refractivity contribution in [2.45, 2.75) is 31.8 Å². The molecule has 1 aliphatic carbocycles. The van der Waals surface area contributed by atoms with Gasteiger partial charge in [-0.05, 0) is 79.1 Å². The maximum atomic E-state index is 12.3. The summed E-state index contributed by atoms with van der Waals surface area (Å²) in [6.45, 7) is 4.26. The minimum Gasteiger partial charge on any atom is -0.372 e. The minimum atomic E-state index is -0.289. The van der Waals surface area contributed by atoms with Crippen molar-refractivity contribution in [2.75, 3.05) is 31.6 Å². The van der Waals surface area contributed by atoms with E-state index in [0.29, 0.717) is 0 Å². The molecule has 2 aromatic heterocycles. The molecule has 0 bridgehead atoms. The van der Waals surface area contributed by atoms with Crippen LogP contribution >= 0.6 is 11.3 Å². The zero-order valence-corrected chi connectivity index (χ0v) is 22.1. The average molecular weight is 526 g/mol. The number of aromatic nitrogens is 1. The SMILES string of the molecule is O=C(Nc1ccc(-c2sc3ccccc3c2CC2=CCC(OCCN3CCCC3)C=C2)cc1)c1ccon1.